The van der Waals surface area contributed by atoms with Gasteiger partial charge in [0.05, 0.1) is 27.0 Å². The third-order valence-electron chi connectivity index (χ3n) is 9.43. The summed E-state index contributed by atoms with van der Waals surface area (Å²) in [6.07, 6.45) is 6.76. The molecule has 9 heteroatoms. The molecule has 3 heterocycles. The smallest absolute Gasteiger partial charge is 0.237 e. The van der Waals surface area contributed by atoms with Gasteiger partial charge in [-0.15, -0.1) is 0 Å². The minimum absolute atomic E-state index is 0.156. The molecule has 0 radical (unpaired) electrons. The van der Waals surface area contributed by atoms with E-state index in [0.717, 1.165) is 49.0 Å². The first-order chi connectivity index (χ1) is 17.1. The van der Waals surface area contributed by atoms with E-state index in [1.165, 1.54) is 25.7 Å². The summed E-state index contributed by atoms with van der Waals surface area (Å²) in [5.41, 5.74) is 1.36. The van der Waals surface area contributed by atoms with Crippen LogP contribution in [0, 0.1) is 11.8 Å². The first-order valence-electron chi connectivity index (χ1n) is 13.6. The van der Waals surface area contributed by atoms with Crippen molar-refractivity contribution in [2.75, 3.05) is 55.7 Å². The molecule has 1 aromatic carbocycles. The zero-order chi connectivity index (χ0) is 25.7. The molecule has 0 unspecified atom stereocenters. The number of sulfone groups is 1. The maximum Gasteiger partial charge on any atom is 0.237 e. The van der Waals surface area contributed by atoms with Crippen LogP contribution in [0.1, 0.15) is 57.9 Å². The molecule has 1 spiro atoms. The van der Waals surface area contributed by atoms with Crippen LogP contribution in [0.15, 0.2) is 12.1 Å². The second kappa shape index (κ2) is 10.4. The summed E-state index contributed by atoms with van der Waals surface area (Å²) in [6, 6.07) is 4.41. The van der Waals surface area contributed by atoms with Crippen LogP contribution < -0.4 is 4.90 Å². The van der Waals surface area contributed by atoms with Gasteiger partial charge < -0.3 is 9.80 Å². The molecule has 36 heavy (non-hydrogen) atoms. The highest BCUT2D eigenvalue weighted by atomic mass is 35.5. The summed E-state index contributed by atoms with van der Waals surface area (Å²) in [6.45, 7) is 8.79. The van der Waals surface area contributed by atoms with Gasteiger partial charge in [0.25, 0.3) is 0 Å². The molecule has 1 aromatic rings. The average molecular weight is 557 g/mol. The van der Waals surface area contributed by atoms with Crippen molar-refractivity contribution in [1.82, 2.24) is 9.80 Å². The summed E-state index contributed by atoms with van der Waals surface area (Å²) in [5.74, 6) is 2.15. The van der Waals surface area contributed by atoms with Gasteiger partial charge in [-0.05, 0) is 81.1 Å². The molecule has 4 aliphatic rings. The summed E-state index contributed by atoms with van der Waals surface area (Å²) < 4.78 is 23.6. The molecule has 0 atom stereocenters. The number of amides is 1. The molecule has 3 fully saturated rings. The normalized spacial score (nSPS) is 28.7. The predicted octanol–water partition coefficient (Wildman–Crippen LogP) is 4.62. The quantitative estimate of drug-likeness (QED) is 0.530. The van der Waals surface area contributed by atoms with Crippen molar-refractivity contribution in [2.45, 2.75) is 63.8 Å². The number of halogens is 2. The SMILES string of the molecule is CC(C)[C@H]1CC[C@@H](N2CCC3(CC2)C(=O)N(CCN2CCS(=O)(=O)CC2)c2cc(Cl)c(Cl)cc23)CC1. The van der Waals surface area contributed by atoms with Crippen molar-refractivity contribution in [1.29, 1.82) is 0 Å². The Bertz CT molecular complexity index is 1080. The monoisotopic (exact) mass is 555 g/mol. The Kier molecular flexibility index (Phi) is 7.70. The lowest BCUT2D eigenvalue weighted by atomic mass is 9.72. The zero-order valence-corrected chi connectivity index (χ0v) is 23.8. The van der Waals surface area contributed by atoms with Gasteiger partial charge in [0, 0.05) is 37.9 Å². The Morgan fingerprint density at radius 3 is 2.17 bits per heavy atom. The van der Waals surface area contributed by atoms with Gasteiger partial charge >= 0.3 is 0 Å². The largest absolute Gasteiger partial charge is 0.310 e. The molecule has 200 valence electrons. The number of carbonyl (C=O) groups is 1. The number of benzene rings is 1. The van der Waals surface area contributed by atoms with Crippen molar-refractivity contribution in [3.63, 3.8) is 0 Å². The second-order valence-corrected chi connectivity index (χ2v) is 14.8. The first kappa shape index (κ1) is 26.7. The lowest BCUT2D eigenvalue weighted by Crippen LogP contribution is -2.52. The average Bonchev–Trinajstić information content (AvgIpc) is 3.06. The molecule has 0 aromatic heterocycles. The van der Waals surface area contributed by atoms with Crippen LogP contribution >= 0.6 is 23.2 Å². The number of carbonyl (C=O) groups excluding carboxylic acids is 1. The Balaban J connectivity index is 1.30. The molecular weight excluding hydrogens is 517 g/mol. The Morgan fingerprint density at radius 2 is 1.56 bits per heavy atom. The van der Waals surface area contributed by atoms with Crippen LogP contribution in [0.2, 0.25) is 10.0 Å². The van der Waals surface area contributed by atoms with Gasteiger partial charge in [0.2, 0.25) is 5.91 Å². The third kappa shape index (κ3) is 5.07. The number of anilines is 1. The van der Waals surface area contributed by atoms with Crippen molar-refractivity contribution in [3.8, 4) is 0 Å². The van der Waals surface area contributed by atoms with Gasteiger partial charge in [0.15, 0.2) is 9.84 Å². The van der Waals surface area contributed by atoms with E-state index in [1.54, 1.807) is 0 Å². The van der Waals surface area contributed by atoms with Crippen LogP contribution in [0.3, 0.4) is 0 Å². The number of rotatable bonds is 5. The molecular formula is C27H39Cl2N3O3S. The Hall–Kier alpha value is -0.860. The highest BCUT2D eigenvalue weighted by Crippen LogP contribution is 2.50. The van der Waals surface area contributed by atoms with Gasteiger partial charge in [0.1, 0.15) is 0 Å². The summed E-state index contributed by atoms with van der Waals surface area (Å²) in [7, 11) is -2.93. The lowest BCUT2D eigenvalue weighted by Gasteiger charge is -2.44. The molecule has 0 N–H and O–H groups in total. The van der Waals surface area contributed by atoms with Crippen molar-refractivity contribution < 1.29 is 13.2 Å². The topological polar surface area (TPSA) is 60.9 Å². The maximum absolute atomic E-state index is 14.0. The van der Waals surface area contributed by atoms with E-state index in [1.807, 2.05) is 17.0 Å². The fourth-order valence-corrected chi connectivity index (χ4v) is 8.55. The molecule has 1 amide bonds. The number of hydrogen-bond acceptors (Lipinski definition) is 5. The first-order valence-corrected chi connectivity index (χ1v) is 16.2. The number of nitrogens with zero attached hydrogens (tertiary/aromatic N) is 3. The third-order valence-corrected chi connectivity index (χ3v) is 11.8. The minimum atomic E-state index is -2.93. The fourth-order valence-electron chi connectivity index (χ4n) is 6.95. The van der Waals surface area contributed by atoms with Crippen molar-refractivity contribution in [2.24, 2.45) is 11.8 Å². The summed E-state index contributed by atoms with van der Waals surface area (Å²) in [4.78, 5) is 20.7. The molecule has 0 bridgehead atoms. The highest BCUT2D eigenvalue weighted by molar-refractivity contribution is 7.91. The second-order valence-electron chi connectivity index (χ2n) is 11.7. The zero-order valence-electron chi connectivity index (χ0n) is 21.5. The molecule has 3 aliphatic heterocycles. The summed E-state index contributed by atoms with van der Waals surface area (Å²) >= 11 is 12.9. The van der Waals surface area contributed by atoms with Gasteiger partial charge in [-0.1, -0.05) is 37.0 Å². The van der Waals surface area contributed by atoms with Gasteiger partial charge in [-0.2, -0.15) is 0 Å². The standard InChI is InChI=1S/C27H39Cl2N3O3S/c1-19(2)20-3-5-21(6-4-20)31-9-7-27(8-10-31)22-17-23(28)24(29)18-25(22)32(26(27)33)12-11-30-13-15-36(34,35)16-14-30/h17-21H,3-16H2,1-2H3/t20-,21+. The van der Waals surface area contributed by atoms with Crippen LogP contribution in [0.5, 0.6) is 0 Å². The van der Waals surface area contributed by atoms with Gasteiger partial charge in [-0.25, -0.2) is 8.42 Å². The van der Waals surface area contributed by atoms with E-state index in [-0.39, 0.29) is 17.4 Å². The fraction of sp³-hybridized carbons (Fsp3) is 0.741. The van der Waals surface area contributed by atoms with Crippen LogP contribution in [-0.2, 0) is 20.0 Å². The molecule has 1 saturated carbocycles. The van der Waals surface area contributed by atoms with E-state index in [0.29, 0.717) is 42.3 Å². The van der Waals surface area contributed by atoms with Crippen LogP contribution in [0.4, 0.5) is 5.69 Å². The molecule has 5 rings (SSSR count). The number of fused-ring (bicyclic) bond motifs is 2. The van der Waals surface area contributed by atoms with E-state index in [4.69, 9.17) is 23.2 Å². The van der Waals surface area contributed by atoms with Gasteiger partial charge in [-0.3, -0.25) is 9.69 Å². The van der Waals surface area contributed by atoms with Crippen LogP contribution in [0.25, 0.3) is 0 Å². The number of likely N-dealkylation sites (tertiary alicyclic amines) is 1. The van der Waals surface area contributed by atoms with E-state index < -0.39 is 15.3 Å². The molecule has 6 nitrogen and oxygen atoms in total. The van der Waals surface area contributed by atoms with E-state index in [9.17, 15) is 13.2 Å². The predicted molar refractivity (Wildman–Crippen MR) is 147 cm³/mol. The number of hydrogen-bond donors (Lipinski definition) is 0. The Labute approximate surface area is 226 Å². The highest BCUT2D eigenvalue weighted by Gasteiger charge is 2.52. The van der Waals surface area contributed by atoms with Crippen LogP contribution in [-0.4, -0.2) is 80.9 Å². The summed E-state index contributed by atoms with van der Waals surface area (Å²) in [5, 5.41) is 0.966. The minimum Gasteiger partial charge on any atom is -0.310 e. The number of piperidine rings is 1. The Morgan fingerprint density at radius 1 is 0.944 bits per heavy atom. The van der Waals surface area contributed by atoms with E-state index >= 15 is 0 Å². The molecule has 2 saturated heterocycles. The molecule has 1 aliphatic carbocycles. The maximum atomic E-state index is 14.0. The van der Waals surface area contributed by atoms with Crippen molar-refractivity contribution in [3.05, 3.63) is 27.7 Å². The lowest BCUT2D eigenvalue weighted by molar-refractivity contribution is -0.125. The van der Waals surface area contributed by atoms with Crippen molar-refractivity contribution >= 4 is 44.6 Å². The van der Waals surface area contributed by atoms with E-state index in [2.05, 4.69) is 23.6 Å².